The normalized spacial score (nSPS) is 23.6. The molecule has 2 atom stereocenters. The van der Waals surface area contributed by atoms with E-state index >= 15 is 0 Å². The Morgan fingerprint density at radius 2 is 1.84 bits per heavy atom. The van der Waals surface area contributed by atoms with E-state index in [4.69, 9.17) is 0 Å². The van der Waals surface area contributed by atoms with Crippen LogP contribution in [0.1, 0.15) is 72.1 Å². The first-order valence-electron chi connectivity index (χ1n) is 8.25. The van der Waals surface area contributed by atoms with Gasteiger partial charge in [0.25, 0.3) is 0 Å². The molecule has 0 saturated carbocycles. The summed E-state index contributed by atoms with van der Waals surface area (Å²) >= 11 is 0. The molecule has 2 unspecified atom stereocenters. The highest BCUT2D eigenvalue weighted by molar-refractivity contribution is 5.76. The maximum Gasteiger partial charge on any atom is 0.222 e. The van der Waals surface area contributed by atoms with Crippen LogP contribution in [0, 0.1) is 0 Å². The van der Waals surface area contributed by atoms with Gasteiger partial charge in [-0.3, -0.25) is 4.79 Å². The molecule has 1 fully saturated rings. The minimum absolute atomic E-state index is 0.378. The Kier molecular flexibility index (Phi) is 8.11. The molecule has 0 aromatic carbocycles. The number of nitrogens with zero attached hydrogens (tertiary/aromatic N) is 1. The highest BCUT2D eigenvalue weighted by Gasteiger charge is 2.28. The maximum absolute atomic E-state index is 12.4. The monoisotopic (exact) mass is 268 g/mol. The van der Waals surface area contributed by atoms with Crippen LogP contribution < -0.4 is 5.32 Å². The van der Waals surface area contributed by atoms with Gasteiger partial charge in [0.1, 0.15) is 0 Å². The van der Waals surface area contributed by atoms with E-state index in [1.165, 1.54) is 25.7 Å². The average Bonchev–Trinajstić information content (AvgIpc) is 2.46. The summed E-state index contributed by atoms with van der Waals surface area (Å²) in [6.45, 7) is 8.47. The minimum Gasteiger partial charge on any atom is -0.337 e. The number of carbonyl (C=O) groups excluding carboxylic acids is 1. The van der Waals surface area contributed by atoms with Crippen molar-refractivity contribution >= 4 is 5.91 Å². The Balaban J connectivity index is 2.34. The van der Waals surface area contributed by atoms with E-state index in [1.54, 1.807) is 0 Å². The van der Waals surface area contributed by atoms with Gasteiger partial charge in [-0.1, -0.05) is 46.5 Å². The molecule has 3 nitrogen and oxygen atoms in total. The average molecular weight is 268 g/mol. The second-order valence-electron chi connectivity index (χ2n) is 5.79. The summed E-state index contributed by atoms with van der Waals surface area (Å²) in [5, 5.41) is 3.54. The van der Waals surface area contributed by atoms with E-state index in [0.29, 0.717) is 18.0 Å². The van der Waals surface area contributed by atoms with E-state index in [-0.39, 0.29) is 0 Å². The van der Waals surface area contributed by atoms with Gasteiger partial charge >= 0.3 is 0 Å². The molecular formula is C16H32N2O. The van der Waals surface area contributed by atoms with Gasteiger partial charge in [-0.05, 0) is 19.3 Å². The molecule has 0 aromatic heterocycles. The molecule has 1 N–H and O–H groups in total. The summed E-state index contributed by atoms with van der Waals surface area (Å²) < 4.78 is 0. The van der Waals surface area contributed by atoms with Crippen LogP contribution in [-0.2, 0) is 4.79 Å². The number of rotatable bonds is 8. The zero-order valence-electron chi connectivity index (χ0n) is 13.1. The number of amides is 1. The van der Waals surface area contributed by atoms with Crippen molar-refractivity contribution in [3.05, 3.63) is 0 Å². The molecule has 3 heteroatoms. The Bertz CT molecular complexity index is 255. The number of piperazine rings is 1. The van der Waals surface area contributed by atoms with Crippen LogP contribution in [-0.4, -0.2) is 36.0 Å². The van der Waals surface area contributed by atoms with E-state index < -0.39 is 0 Å². The van der Waals surface area contributed by atoms with Gasteiger partial charge in [0.15, 0.2) is 0 Å². The zero-order valence-corrected chi connectivity index (χ0v) is 13.1. The van der Waals surface area contributed by atoms with E-state index in [9.17, 15) is 4.79 Å². The standard InChI is InChI=1S/C16H32N2O/c1-4-7-8-9-10-11-16(19)18-13-14(5-2)17-12-15(18)6-3/h14-15,17H,4-13H2,1-3H3. The van der Waals surface area contributed by atoms with Gasteiger partial charge in [0.2, 0.25) is 5.91 Å². The fraction of sp³-hybridized carbons (Fsp3) is 0.938. The molecule has 112 valence electrons. The molecule has 1 amide bonds. The fourth-order valence-corrected chi connectivity index (χ4v) is 2.83. The summed E-state index contributed by atoms with van der Waals surface area (Å²) in [5.74, 6) is 0.378. The van der Waals surface area contributed by atoms with Gasteiger partial charge in [0.05, 0.1) is 0 Å². The highest BCUT2D eigenvalue weighted by Crippen LogP contribution is 2.15. The fourth-order valence-electron chi connectivity index (χ4n) is 2.83. The molecule has 1 aliphatic heterocycles. The number of hydrogen-bond donors (Lipinski definition) is 1. The lowest BCUT2D eigenvalue weighted by molar-refractivity contribution is -0.135. The largest absolute Gasteiger partial charge is 0.337 e. The van der Waals surface area contributed by atoms with Crippen molar-refractivity contribution in [2.24, 2.45) is 0 Å². The second-order valence-corrected chi connectivity index (χ2v) is 5.79. The van der Waals surface area contributed by atoms with Gasteiger partial charge < -0.3 is 10.2 Å². The van der Waals surface area contributed by atoms with Crippen LogP contribution in [0.25, 0.3) is 0 Å². The quantitative estimate of drug-likeness (QED) is 0.685. The van der Waals surface area contributed by atoms with Crippen molar-refractivity contribution in [2.75, 3.05) is 13.1 Å². The predicted molar refractivity (Wildman–Crippen MR) is 81.2 cm³/mol. The molecule has 0 aliphatic carbocycles. The van der Waals surface area contributed by atoms with Crippen molar-refractivity contribution in [3.8, 4) is 0 Å². The van der Waals surface area contributed by atoms with Crippen molar-refractivity contribution < 1.29 is 4.79 Å². The first-order chi connectivity index (χ1) is 9.22. The van der Waals surface area contributed by atoms with Gasteiger partial charge in [0, 0.05) is 31.6 Å². The third-order valence-electron chi connectivity index (χ3n) is 4.28. The molecule has 1 heterocycles. The van der Waals surface area contributed by atoms with Crippen LogP contribution >= 0.6 is 0 Å². The van der Waals surface area contributed by atoms with Crippen LogP contribution in [0.3, 0.4) is 0 Å². The molecule has 0 radical (unpaired) electrons. The van der Waals surface area contributed by atoms with Crippen molar-refractivity contribution in [2.45, 2.75) is 84.2 Å². The SMILES string of the molecule is CCCCCCCC(=O)N1CC(CC)NCC1CC. The van der Waals surface area contributed by atoms with Crippen LogP contribution in [0.15, 0.2) is 0 Å². The Morgan fingerprint density at radius 1 is 1.11 bits per heavy atom. The zero-order chi connectivity index (χ0) is 14.1. The van der Waals surface area contributed by atoms with E-state index in [2.05, 4.69) is 31.0 Å². The third-order valence-corrected chi connectivity index (χ3v) is 4.28. The van der Waals surface area contributed by atoms with Crippen molar-refractivity contribution in [1.29, 1.82) is 0 Å². The molecule has 0 aromatic rings. The molecule has 0 spiro atoms. The highest BCUT2D eigenvalue weighted by atomic mass is 16.2. The predicted octanol–water partition coefficient (Wildman–Crippen LogP) is 3.34. The van der Waals surface area contributed by atoms with Crippen molar-refractivity contribution in [1.82, 2.24) is 10.2 Å². The first kappa shape index (κ1) is 16.5. The Labute approximate surface area is 119 Å². The van der Waals surface area contributed by atoms with E-state index in [0.717, 1.165) is 38.8 Å². The van der Waals surface area contributed by atoms with Crippen LogP contribution in [0.5, 0.6) is 0 Å². The lowest BCUT2D eigenvalue weighted by Gasteiger charge is -2.40. The number of nitrogens with one attached hydrogen (secondary N) is 1. The Hall–Kier alpha value is -0.570. The molecule has 1 saturated heterocycles. The van der Waals surface area contributed by atoms with Crippen LogP contribution in [0.4, 0.5) is 0 Å². The lowest BCUT2D eigenvalue weighted by Crippen LogP contribution is -2.57. The summed E-state index contributed by atoms with van der Waals surface area (Å²) in [4.78, 5) is 14.5. The van der Waals surface area contributed by atoms with Crippen molar-refractivity contribution in [3.63, 3.8) is 0 Å². The molecule has 1 aliphatic rings. The van der Waals surface area contributed by atoms with E-state index in [1.807, 2.05) is 0 Å². The van der Waals surface area contributed by atoms with Crippen LogP contribution in [0.2, 0.25) is 0 Å². The Morgan fingerprint density at radius 3 is 2.47 bits per heavy atom. The second kappa shape index (κ2) is 9.35. The summed E-state index contributed by atoms with van der Waals surface area (Å²) in [7, 11) is 0. The molecule has 0 bridgehead atoms. The molecular weight excluding hydrogens is 236 g/mol. The number of unbranched alkanes of at least 4 members (excludes halogenated alkanes) is 4. The molecule has 1 rings (SSSR count). The van der Waals surface area contributed by atoms with Gasteiger partial charge in [-0.25, -0.2) is 0 Å². The first-order valence-corrected chi connectivity index (χ1v) is 8.25. The van der Waals surface area contributed by atoms with Gasteiger partial charge in [-0.2, -0.15) is 0 Å². The van der Waals surface area contributed by atoms with Gasteiger partial charge in [-0.15, -0.1) is 0 Å². The minimum atomic E-state index is 0.378. The number of carbonyl (C=O) groups is 1. The maximum atomic E-state index is 12.4. The smallest absolute Gasteiger partial charge is 0.222 e. The summed E-state index contributed by atoms with van der Waals surface area (Å²) in [6.07, 6.45) is 9.04. The summed E-state index contributed by atoms with van der Waals surface area (Å²) in [6, 6.07) is 0.901. The lowest BCUT2D eigenvalue weighted by atomic mass is 10.0. The topological polar surface area (TPSA) is 32.3 Å². The third kappa shape index (κ3) is 5.52. The molecule has 19 heavy (non-hydrogen) atoms. The number of hydrogen-bond acceptors (Lipinski definition) is 2. The summed E-state index contributed by atoms with van der Waals surface area (Å²) in [5.41, 5.74) is 0.